The summed E-state index contributed by atoms with van der Waals surface area (Å²) in [4.78, 5) is 70.2. The second-order valence-corrected chi connectivity index (χ2v) is 15.7. The van der Waals surface area contributed by atoms with Crippen LogP contribution >= 0.6 is 23.5 Å². The fraction of sp³-hybridized carbons (Fsp3) is 0.400. The van der Waals surface area contributed by atoms with E-state index in [1.807, 2.05) is 60.7 Å². The van der Waals surface area contributed by atoms with Crippen molar-refractivity contribution in [3.8, 4) is 0 Å². The van der Waals surface area contributed by atoms with Crippen molar-refractivity contribution in [1.29, 1.82) is 0 Å². The number of carbonyl (C=O) groups is 4. The van der Waals surface area contributed by atoms with Crippen molar-refractivity contribution < 1.29 is 29.4 Å². The van der Waals surface area contributed by atoms with E-state index in [4.69, 9.17) is 0 Å². The number of rotatable bonds is 21. The number of hydrogen-bond donors (Lipinski definition) is 6. The molecule has 56 heavy (non-hydrogen) atoms. The molecule has 0 aliphatic carbocycles. The summed E-state index contributed by atoms with van der Waals surface area (Å²) in [6.45, 7) is 7.16. The van der Waals surface area contributed by atoms with Gasteiger partial charge in [-0.05, 0) is 47.9 Å². The number of aliphatic hydroxyl groups is 2. The summed E-state index contributed by atoms with van der Waals surface area (Å²) in [7, 11) is 0. The number of nitrogens with one attached hydrogen (secondary N) is 4. The van der Waals surface area contributed by atoms with Gasteiger partial charge in [-0.3, -0.25) is 19.2 Å². The number of thioether (sulfide) groups is 2. The van der Waals surface area contributed by atoms with E-state index in [0.717, 1.165) is 34.7 Å². The largest absolute Gasteiger partial charge is 0.388 e. The van der Waals surface area contributed by atoms with Gasteiger partial charge in [0.05, 0.1) is 23.6 Å². The van der Waals surface area contributed by atoms with Crippen LogP contribution in [0.15, 0.2) is 108 Å². The molecule has 4 rings (SSSR count). The number of amides is 4. The van der Waals surface area contributed by atoms with Crippen LogP contribution in [0.4, 0.5) is 0 Å². The first kappa shape index (κ1) is 43.8. The summed E-state index contributed by atoms with van der Waals surface area (Å²) in [5.74, 6) is -2.60. The minimum absolute atomic E-state index is 0.0196. The summed E-state index contributed by atoms with van der Waals surface area (Å²) in [6.07, 6.45) is 3.38. The highest BCUT2D eigenvalue weighted by Gasteiger charge is 2.37. The molecule has 2 unspecified atom stereocenters. The van der Waals surface area contributed by atoms with Crippen molar-refractivity contribution in [2.45, 2.75) is 87.2 Å². The van der Waals surface area contributed by atoms with Crippen molar-refractivity contribution in [2.75, 3.05) is 11.5 Å². The van der Waals surface area contributed by atoms with Crippen LogP contribution in [0.2, 0.25) is 0 Å². The maximum atomic E-state index is 13.9. The van der Waals surface area contributed by atoms with Gasteiger partial charge < -0.3 is 31.5 Å². The Bertz CT molecular complexity index is 1680. The van der Waals surface area contributed by atoms with Crippen LogP contribution in [-0.4, -0.2) is 102 Å². The predicted molar refractivity (Wildman–Crippen MR) is 215 cm³/mol. The SMILES string of the molecule is CC(C)[C@H](NC(=O)CSc1ncccn1)C(=O)N[C@@H](Cc1ccccc1)C(O)C(O)[C@H](Cc1ccccc1)NC(=O)[C@@H](NC(=O)CSc1ncccn1)C(C)C. The standard InChI is InChI=1S/C40H50N8O6S2/c1-25(2)33(47-31(49)23-55-39-41-17-11-18-42-39)37(53)45-29(21-27-13-7-5-8-14-27)35(51)36(52)30(22-28-15-9-6-10-16-28)46-38(54)34(26(3)4)48-32(50)24-56-40-43-19-12-20-44-40/h5-20,25-26,29-30,33-36,51-52H,21-24H2,1-4H3,(H,45,53)(H,46,54)(H,47,49)(H,48,50)/t29-,30-,33-,34-,35?,36?/m0/s1. The molecule has 0 aliphatic rings. The lowest BCUT2D eigenvalue weighted by Gasteiger charge is -2.35. The van der Waals surface area contributed by atoms with Crippen molar-refractivity contribution in [3.63, 3.8) is 0 Å². The summed E-state index contributed by atoms with van der Waals surface area (Å²) in [5, 5.41) is 36.1. The molecule has 0 bridgehead atoms. The highest BCUT2D eigenvalue weighted by Crippen LogP contribution is 2.18. The van der Waals surface area contributed by atoms with Crippen LogP contribution in [0.25, 0.3) is 0 Å². The third kappa shape index (κ3) is 14.3. The molecule has 6 N–H and O–H groups in total. The molecule has 0 spiro atoms. The van der Waals surface area contributed by atoms with Gasteiger partial charge in [0, 0.05) is 24.8 Å². The highest BCUT2D eigenvalue weighted by atomic mass is 32.2. The van der Waals surface area contributed by atoms with E-state index in [1.54, 1.807) is 64.6 Å². The molecule has 0 fully saturated rings. The van der Waals surface area contributed by atoms with E-state index < -0.39 is 60.0 Å². The Morgan fingerprint density at radius 2 is 0.875 bits per heavy atom. The fourth-order valence-electron chi connectivity index (χ4n) is 5.75. The van der Waals surface area contributed by atoms with E-state index in [0.29, 0.717) is 10.3 Å². The van der Waals surface area contributed by atoms with Gasteiger partial charge in [0.25, 0.3) is 0 Å². The normalized spacial score (nSPS) is 14.5. The molecular weight excluding hydrogens is 753 g/mol. The van der Waals surface area contributed by atoms with Gasteiger partial charge >= 0.3 is 0 Å². The average molecular weight is 803 g/mol. The van der Waals surface area contributed by atoms with E-state index in [9.17, 15) is 29.4 Å². The molecule has 0 radical (unpaired) electrons. The van der Waals surface area contributed by atoms with Crippen LogP contribution in [0.1, 0.15) is 38.8 Å². The molecule has 4 aromatic rings. The summed E-state index contributed by atoms with van der Waals surface area (Å²) >= 11 is 2.26. The Morgan fingerprint density at radius 1 is 0.536 bits per heavy atom. The lowest BCUT2D eigenvalue weighted by Crippen LogP contribution is -2.61. The van der Waals surface area contributed by atoms with Gasteiger partial charge in [-0.25, -0.2) is 19.9 Å². The van der Waals surface area contributed by atoms with Gasteiger partial charge in [-0.15, -0.1) is 0 Å². The number of hydrogen-bond acceptors (Lipinski definition) is 12. The highest BCUT2D eigenvalue weighted by molar-refractivity contribution is 8.00. The van der Waals surface area contributed by atoms with E-state index in [1.165, 1.54) is 0 Å². The Kier molecular flexibility index (Phi) is 17.7. The quantitative estimate of drug-likeness (QED) is 0.0531. The molecular formula is C40H50N8O6S2. The predicted octanol–water partition coefficient (Wildman–Crippen LogP) is 2.61. The molecule has 4 amide bonds. The lowest BCUT2D eigenvalue weighted by atomic mass is 9.90. The topological polar surface area (TPSA) is 208 Å². The number of carbonyl (C=O) groups excluding carboxylic acids is 4. The maximum absolute atomic E-state index is 13.9. The van der Waals surface area contributed by atoms with Crippen molar-refractivity contribution in [3.05, 3.63) is 109 Å². The van der Waals surface area contributed by atoms with E-state index in [-0.39, 0.29) is 36.2 Å². The van der Waals surface area contributed by atoms with Crippen LogP contribution in [0.5, 0.6) is 0 Å². The Hall–Kier alpha value is -4.90. The second-order valence-electron chi connectivity index (χ2n) is 13.8. The molecule has 16 heteroatoms. The first-order valence-electron chi connectivity index (χ1n) is 18.3. The number of aromatic nitrogens is 4. The Balaban J connectivity index is 1.53. The number of aliphatic hydroxyl groups excluding tert-OH is 2. The molecule has 298 valence electrons. The fourth-order valence-corrected chi connectivity index (χ4v) is 6.98. The van der Waals surface area contributed by atoms with Crippen LogP contribution in [-0.2, 0) is 32.0 Å². The molecule has 0 saturated heterocycles. The Morgan fingerprint density at radius 3 is 1.20 bits per heavy atom. The zero-order valence-electron chi connectivity index (χ0n) is 31.8. The third-order valence-corrected chi connectivity index (χ3v) is 10.5. The first-order chi connectivity index (χ1) is 26.9. The van der Waals surface area contributed by atoms with Gasteiger partial charge in [0.1, 0.15) is 24.3 Å². The van der Waals surface area contributed by atoms with Crippen LogP contribution in [0.3, 0.4) is 0 Å². The van der Waals surface area contributed by atoms with Crippen molar-refractivity contribution in [2.24, 2.45) is 11.8 Å². The zero-order chi connectivity index (χ0) is 40.5. The third-order valence-electron chi connectivity index (χ3n) is 8.71. The number of benzene rings is 2. The van der Waals surface area contributed by atoms with Crippen molar-refractivity contribution in [1.82, 2.24) is 41.2 Å². The van der Waals surface area contributed by atoms with E-state index in [2.05, 4.69) is 41.2 Å². The summed E-state index contributed by atoms with van der Waals surface area (Å²) in [5.41, 5.74) is 1.55. The van der Waals surface area contributed by atoms with Crippen molar-refractivity contribution >= 4 is 47.2 Å². The van der Waals surface area contributed by atoms with Crippen LogP contribution < -0.4 is 21.3 Å². The monoisotopic (exact) mass is 802 g/mol. The summed E-state index contributed by atoms with van der Waals surface area (Å²) < 4.78 is 0. The van der Waals surface area contributed by atoms with Gasteiger partial charge in [0.15, 0.2) is 10.3 Å². The van der Waals surface area contributed by atoms with Gasteiger partial charge in [-0.2, -0.15) is 0 Å². The molecule has 0 saturated carbocycles. The minimum Gasteiger partial charge on any atom is -0.388 e. The average Bonchev–Trinajstić information content (AvgIpc) is 3.20. The van der Waals surface area contributed by atoms with Gasteiger partial charge in [0.2, 0.25) is 23.6 Å². The maximum Gasteiger partial charge on any atom is 0.243 e. The summed E-state index contributed by atoms with van der Waals surface area (Å²) in [6, 6.07) is 17.7. The first-order valence-corrected chi connectivity index (χ1v) is 20.3. The molecule has 14 nitrogen and oxygen atoms in total. The van der Waals surface area contributed by atoms with Gasteiger partial charge in [-0.1, -0.05) is 112 Å². The minimum atomic E-state index is -1.59. The Labute approximate surface area is 335 Å². The smallest absolute Gasteiger partial charge is 0.243 e. The second kappa shape index (κ2) is 22.6. The molecule has 6 atom stereocenters. The zero-order valence-corrected chi connectivity index (χ0v) is 33.5. The molecule has 2 aromatic carbocycles. The van der Waals surface area contributed by atoms with Crippen LogP contribution in [0, 0.1) is 11.8 Å². The van der Waals surface area contributed by atoms with E-state index >= 15 is 0 Å². The number of nitrogens with zero attached hydrogens (tertiary/aromatic N) is 4. The lowest BCUT2D eigenvalue weighted by molar-refractivity contribution is -0.132. The molecule has 0 aliphatic heterocycles. The molecule has 2 aromatic heterocycles. The molecule has 2 heterocycles.